The highest BCUT2D eigenvalue weighted by Crippen LogP contribution is 1.49. The van der Waals surface area contributed by atoms with Gasteiger partial charge in [0.05, 0.1) is 14.1 Å². The Morgan fingerprint density at radius 3 is 1.80 bits per heavy atom. The fourth-order valence-corrected chi connectivity index (χ4v) is 0. The lowest BCUT2D eigenvalue weighted by atomic mass is 11.0. The van der Waals surface area contributed by atoms with Gasteiger partial charge in [0, 0.05) is 0 Å². The van der Waals surface area contributed by atoms with Gasteiger partial charge >= 0.3 is 0 Å². The van der Waals surface area contributed by atoms with Gasteiger partial charge in [-0.25, -0.2) is 0 Å². The Hall–Kier alpha value is 0.250. The van der Waals surface area contributed by atoms with Gasteiger partial charge in [0.15, 0.2) is 6.00 Å². The molecule has 0 atom stereocenters. The molecule has 0 heterocycles. The van der Waals surface area contributed by atoms with Gasteiger partial charge in [-0.05, 0) is 0 Å². The molecule has 0 aromatic heterocycles. The topological polar surface area (TPSA) is 4.44 Å². The summed E-state index contributed by atoms with van der Waals surface area (Å²) in [5.41, 5.74) is 0. The normalized spacial score (nSPS) is 9.60. The van der Waals surface area contributed by atoms with Crippen LogP contribution in [-0.2, 0) is 0 Å². The van der Waals surface area contributed by atoms with Crippen molar-refractivity contribution >= 4 is 11.6 Å². The van der Waals surface area contributed by atoms with Gasteiger partial charge in [0.1, 0.15) is 0 Å². The first kappa shape index (κ1) is 5.25. The predicted octanol–water partition coefficient (Wildman–Crippen LogP) is -0.673. The minimum absolute atomic E-state index is 0.694. The maximum Gasteiger partial charge on any atom is 0.152 e. The molecular formula is C3H9ClN+. The second-order valence-electron chi connectivity index (χ2n) is 1.34. The third kappa shape index (κ3) is 4.25. The molecule has 0 unspecified atom stereocenters. The second kappa shape index (κ2) is 2.49. The zero-order chi connectivity index (χ0) is 4.28. The van der Waals surface area contributed by atoms with Crippen LogP contribution in [-0.4, -0.2) is 20.1 Å². The molecule has 0 amide bonds. The minimum atomic E-state index is 0.694. The zero-order valence-corrected chi connectivity index (χ0v) is 4.34. The highest BCUT2D eigenvalue weighted by atomic mass is 35.5. The number of hydrogen-bond acceptors (Lipinski definition) is 0. The monoisotopic (exact) mass is 94.0 g/mol. The molecule has 1 nitrogen and oxygen atoms in total. The Morgan fingerprint density at radius 1 is 1.60 bits per heavy atom. The third-order valence-corrected chi connectivity index (χ3v) is 0.802. The van der Waals surface area contributed by atoms with Crippen LogP contribution in [0, 0.1) is 0 Å². The number of quaternary nitrogens is 1. The first-order valence-corrected chi connectivity index (χ1v) is 2.16. The lowest BCUT2D eigenvalue weighted by Gasteiger charge is -1.95. The summed E-state index contributed by atoms with van der Waals surface area (Å²) in [5, 5.41) is 0. The summed E-state index contributed by atoms with van der Waals surface area (Å²) in [6.07, 6.45) is 0. The molecule has 0 saturated carbocycles. The summed E-state index contributed by atoms with van der Waals surface area (Å²) in [6.45, 7) is 0. The molecule has 0 aromatic rings. The van der Waals surface area contributed by atoms with Crippen molar-refractivity contribution in [1.29, 1.82) is 0 Å². The second-order valence-corrected chi connectivity index (χ2v) is 1.61. The number of rotatable bonds is 1. The SMILES string of the molecule is C[NH+](C)CCl. The van der Waals surface area contributed by atoms with Gasteiger partial charge in [0.2, 0.25) is 0 Å². The molecule has 0 spiro atoms. The third-order valence-electron chi connectivity index (χ3n) is 0.267. The Labute approximate surface area is 37.5 Å². The first-order chi connectivity index (χ1) is 2.27. The minimum Gasteiger partial charge on any atom is -0.327 e. The van der Waals surface area contributed by atoms with E-state index in [1.54, 1.807) is 0 Å². The Bertz CT molecular complexity index is 20.9. The largest absolute Gasteiger partial charge is 0.327 e. The lowest BCUT2D eigenvalue weighted by Crippen LogP contribution is -3.04. The van der Waals surface area contributed by atoms with Crippen LogP contribution in [0.3, 0.4) is 0 Å². The van der Waals surface area contributed by atoms with Crippen molar-refractivity contribution in [3.05, 3.63) is 0 Å². The molecule has 5 heavy (non-hydrogen) atoms. The molecular weight excluding hydrogens is 85.5 g/mol. The van der Waals surface area contributed by atoms with Crippen molar-refractivity contribution in [3.8, 4) is 0 Å². The van der Waals surface area contributed by atoms with Crippen molar-refractivity contribution in [2.45, 2.75) is 0 Å². The molecule has 0 saturated heterocycles. The van der Waals surface area contributed by atoms with Crippen LogP contribution in [0.4, 0.5) is 0 Å². The molecule has 32 valence electrons. The van der Waals surface area contributed by atoms with Crippen molar-refractivity contribution in [2.75, 3.05) is 20.1 Å². The van der Waals surface area contributed by atoms with Crippen molar-refractivity contribution in [2.24, 2.45) is 0 Å². The van der Waals surface area contributed by atoms with E-state index in [0.29, 0.717) is 6.00 Å². The van der Waals surface area contributed by atoms with Crippen molar-refractivity contribution in [1.82, 2.24) is 0 Å². The summed E-state index contributed by atoms with van der Waals surface area (Å²) in [5.74, 6) is 0. The van der Waals surface area contributed by atoms with Crippen LogP contribution in [0.2, 0.25) is 0 Å². The average Bonchev–Trinajstić information content (AvgIpc) is 1.38. The maximum atomic E-state index is 5.30. The van der Waals surface area contributed by atoms with Crippen LogP contribution >= 0.6 is 11.6 Å². The van der Waals surface area contributed by atoms with Crippen LogP contribution in [0.15, 0.2) is 0 Å². The molecule has 0 aliphatic carbocycles. The highest BCUT2D eigenvalue weighted by Gasteiger charge is 1.78. The van der Waals surface area contributed by atoms with E-state index in [1.807, 2.05) is 14.1 Å². The summed E-state index contributed by atoms with van der Waals surface area (Å²) < 4.78 is 0. The molecule has 1 N–H and O–H groups in total. The average molecular weight is 94.6 g/mol. The fraction of sp³-hybridized carbons (Fsp3) is 1.00. The zero-order valence-electron chi connectivity index (χ0n) is 3.59. The van der Waals surface area contributed by atoms with Crippen molar-refractivity contribution < 1.29 is 4.90 Å². The van der Waals surface area contributed by atoms with Gasteiger partial charge in [-0.3, -0.25) is 0 Å². The van der Waals surface area contributed by atoms with E-state index >= 15 is 0 Å². The molecule has 0 aliphatic heterocycles. The number of alkyl halides is 1. The van der Waals surface area contributed by atoms with Gasteiger partial charge in [-0.2, -0.15) is 0 Å². The standard InChI is InChI=1S/C3H8ClN/c1-5(2)3-4/h3H2,1-2H3/p+1. The van der Waals surface area contributed by atoms with Crippen molar-refractivity contribution in [3.63, 3.8) is 0 Å². The van der Waals surface area contributed by atoms with E-state index in [4.69, 9.17) is 11.6 Å². The van der Waals surface area contributed by atoms with E-state index in [1.165, 1.54) is 4.90 Å². The molecule has 0 aliphatic rings. The fourth-order valence-electron chi connectivity index (χ4n) is 0. The molecule has 0 radical (unpaired) electrons. The van der Waals surface area contributed by atoms with Gasteiger partial charge < -0.3 is 4.90 Å². The van der Waals surface area contributed by atoms with Crippen LogP contribution in [0.25, 0.3) is 0 Å². The lowest BCUT2D eigenvalue weighted by molar-refractivity contribution is -0.845. The summed E-state index contributed by atoms with van der Waals surface area (Å²) in [6, 6.07) is 0.694. The van der Waals surface area contributed by atoms with Crippen LogP contribution < -0.4 is 4.90 Å². The number of hydrogen-bond donors (Lipinski definition) is 1. The maximum absolute atomic E-state index is 5.30. The summed E-state index contributed by atoms with van der Waals surface area (Å²) in [4.78, 5) is 1.27. The van der Waals surface area contributed by atoms with Gasteiger partial charge in [0.25, 0.3) is 0 Å². The molecule has 0 fully saturated rings. The van der Waals surface area contributed by atoms with Crippen LogP contribution in [0.5, 0.6) is 0 Å². The Balaban J connectivity index is 2.54. The van der Waals surface area contributed by atoms with Crippen LogP contribution in [0.1, 0.15) is 0 Å². The quantitative estimate of drug-likeness (QED) is 0.325. The first-order valence-electron chi connectivity index (χ1n) is 1.62. The summed E-state index contributed by atoms with van der Waals surface area (Å²) in [7, 11) is 4.01. The van der Waals surface area contributed by atoms with Gasteiger partial charge in [-0.1, -0.05) is 11.6 Å². The number of halogens is 1. The van der Waals surface area contributed by atoms with E-state index in [-0.39, 0.29) is 0 Å². The Morgan fingerprint density at radius 2 is 1.80 bits per heavy atom. The Kier molecular flexibility index (Phi) is 2.61. The van der Waals surface area contributed by atoms with E-state index < -0.39 is 0 Å². The molecule has 2 heteroatoms. The molecule has 0 aromatic carbocycles. The smallest absolute Gasteiger partial charge is 0.152 e. The van der Waals surface area contributed by atoms with Gasteiger partial charge in [-0.15, -0.1) is 0 Å². The highest BCUT2D eigenvalue weighted by molar-refractivity contribution is 6.16. The molecule has 0 bridgehead atoms. The molecule has 0 rings (SSSR count). The summed E-state index contributed by atoms with van der Waals surface area (Å²) >= 11 is 5.30. The number of nitrogens with one attached hydrogen (secondary N) is 1. The van der Waals surface area contributed by atoms with E-state index in [9.17, 15) is 0 Å². The van der Waals surface area contributed by atoms with E-state index in [0.717, 1.165) is 0 Å². The predicted molar refractivity (Wildman–Crippen MR) is 23.5 cm³/mol. The van der Waals surface area contributed by atoms with E-state index in [2.05, 4.69) is 0 Å².